The first kappa shape index (κ1) is 25.4. The van der Waals surface area contributed by atoms with Crippen LogP contribution in [0.4, 0.5) is 5.13 Å². The molecule has 0 bridgehead atoms. The summed E-state index contributed by atoms with van der Waals surface area (Å²) in [7, 11) is 0. The maximum absolute atomic E-state index is 13.7. The number of nitrogens with zero attached hydrogens (tertiary/aromatic N) is 2. The monoisotopic (exact) mass is 536 g/mol. The highest BCUT2D eigenvalue weighted by Crippen LogP contribution is 2.37. The molecule has 2 unspecified atom stereocenters. The van der Waals surface area contributed by atoms with E-state index in [1.165, 1.54) is 11.3 Å². The molecule has 2 aromatic carbocycles. The highest BCUT2D eigenvalue weighted by atomic mass is 32.1. The standard InChI is InChI=1S/C26H24N4O7S/c27-25-28-18(15-38-25)13-20(31)29-19-14-35-30(23(19)33)26(12-11-21(32)37-26)24(34)36-22(16-7-3-1-4-8-16)17-9-5-2-6-10-17/h1-10,15,19,22H,11-14H2,(H2,27,28)(H,29,31). The number of benzene rings is 2. The Morgan fingerprint density at radius 1 is 1.13 bits per heavy atom. The van der Waals surface area contributed by atoms with Crippen LogP contribution in [-0.2, 0) is 39.9 Å². The van der Waals surface area contributed by atoms with E-state index < -0.39 is 41.6 Å². The highest BCUT2D eigenvalue weighted by molar-refractivity contribution is 7.13. The number of hydrogen-bond acceptors (Lipinski definition) is 10. The van der Waals surface area contributed by atoms with E-state index in [0.717, 1.165) is 5.06 Å². The number of thiazole rings is 1. The van der Waals surface area contributed by atoms with Gasteiger partial charge in [0.05, 0.1) is 18.5 Å². The molecule has 0 spiro atoms. The lowest BCUT2D eigenvalue weighted by Crippen LogP contribution is -2.57. The SMILES string of the molecule is Nc1nc(CC(=O)NC2CON(C3(C(=O)OC(c4ccccc4)c4ccccc4)CCC(=O)O3)C2=O)cs1. The summed E-state index contributed by atoms with van der Waals surface area (Å²) in [6, 6.07) is 17.0. The molecule has 196 valence electrons. The molecule has 11 nitrogen and oxygen atoms in total. The van der Waals surface area contributed by atoms with Gasteiger partial charge in [0, 0.05) is 11.8 Å². The molecule has 2 saturated heterocycles. The Bertz CT molecular complexity index is 1310. The lowest BCUT2D eigenvalue weighted by molar-refractivity contribution is -0.260. The number of esters is 2. The fourth-order valence-electron chi connectivity index (χ4n) is 4.34. The number of nitrogens with one attached hydrogen (secondary N) is 1. The summed E-state index contributed by atoms with van der Waals surface area (Å²) in [5.41, 5.74) is 5.31. The predicted octanol–water partition coefficient (Wildman–Crippen LogP) is 1.89. The summed E-state index contributed by atoms with van der Waals surface area (Å²) in [4.78, 5) is 61.2. The van der Waals surface area contributed by atoms with E-state index in [9.17, 15) is 19.2 Å². The summed E-state index contributed by atoms with van der Waals surface area (Å²) in [5.74, 6) is -2.85. The van der Waals surface area contributed by atoms with Crippen molar-refractivity contribution in [3.63, 3.8) is 0 Å². The highest BCUT2D eigenvalue weighted by Gasteiger charge is 2.60. The number of hydrogen-bond donors (Lipinski definition) is 2. The van der Waals surface area contributed by atoms with Crippen LogP contribution in [0.15, 0.2) is 66.0 Å². The summed E-state index contributed by atoms with van der Waals surface area (Å²) in [5, 5.41) is 5.27. The van der Waals surface area contributed by atoms with E-state index in [0.29, 0.717) is 22.0 Å². The van der Waals surface area contributed by atoms with Crippen LogP contribution in [-0.4, -0.2) is 52.2 Å². The number of carbonyl (C=O) groups excluding carboxylic acids is 4. The first-order valence-electron chi connectivity index (χ1n) is 11.8. The Kier molecular flexibility index (Phi) is 7.07. The van der Waals surface area contributed by atoms with Crippen LogP contribution in [0.3, 0.4) is 0 Å². The van der Waals surface area contributed by atoms with Crippen LogP contribution in [0.2, 0.25) is 0 Å². The minimum Gasteiger partial charge on any atom is -0.448 e. The molecule has 0 saturated carbocycles. The molecular weight excluding hydrogens is 512 g/mol. The average molecular weight is 537 g/mol. The van der Waals surface area contributed by atoms with Crippen LogP contribution in [0.1, 0.15) is 35.8 Å². The summed E-state index contributed by atoms with van der Waals surface area (Å²) >= 11 is 1.20. The average Bonchev–Trinajstić information content (AvgIpc) is 3.62. The van der Waals surface area contributed by atoms with Gasteiger partial charge in [-0.15, -0.1) is 11.3 Å². The number of aromatic nitrogens is 1. The van der Waals surface area contributed by atoms with Gasteiger partial charge < -0.3 is 20.5 Å². The Hall–Kier alpha value is -4.29. The molecule has 1 aromatic heterocycles. The molecule has 3 heterocycles. The van der Waals surface area contributed by atoms with Crippen molar-refractivity contribution in [3.05, 3.63) is 82.9 Å². The van der Waals surface area contributed by atoms with Crippen molar-refractivity contribution in [2.75, 3.05) is 12.3 Å². The number of carbonyl (C=O) groups is 4. The summed E-state index contributed by atoms with van der Waals surface area (Å²) < 4.78 is 11.3. The third-order valence-electron chi connectivity index (χ3n) is 6.14. The lowest BCUT2D eigenvalue weighted by atomic mass is 10.0. The minimum absolute atomic E-state index is 0.0878. The van der Waals surface area contributed by atoms with Crippen molar-refractivity contribution in [1.29, 1.82) is 0 Å². The largest absolute Gasteiger partial charge is 0.448 e. The summed E-state index contributed by atoms with van der Waals surface area (Å²) in [6.07, 6.45) is -1.20. The fraction of sp³-hybridized carbons (Fsp3) is 0.269. The van der Waals surface area contributed by atoms with Crippen molar-refractivity contribution in [2.24, 2.45) is 0 Å². The zero-order chi connectivity index (χ0) is 26.7. The van der Waals surface area contributed by atoms with E-state index in [2.05, 4.69) is 10.3 Å². The van der Waals surface area contributed by atoms with Gasteiger partial charge in [0.25, 0.3) is 5.91 Å². The Balaban J connectivity index is 1.36. The number of nitrogens with two attached hydrogens (primary N) is 1. The molecule has 2 atom stereocenters. The van der Waals surface area contributed by atoms with Crippen molar-refractivity contribution in [2.45, 2.75) is 37.1 Å². The second kappa shape index (κ2) is 10.6. The topological polar surface area (TPSA) is 150 Å². The number of amides is 2. The molecule has 2 aliphatic rings. The second-order valence-electron chi connectivity index (χ2n) is 8.77. The van der Waals surface area contributed by atoms with Gasteiger partial charge in [0.1, 0.15) is 12.6 Å². The van der Waals surface area contributed by atoms with E-state index in [4.69, 9.17) is 20.0 Å². The van der Waals surface area contributed by atoms with Crippen molar-refractivity contribution in [1.82, 2.24) is 15.4 Å². The van der Waals surface area contributed by atoms with Gasteiger partial charge in [-0.2, -0.15) is 5.06 Å². The molecule has 0 radical (unpaired) electrons. The van der Waals surface area contributed by atoms with E-state index in [1.807, 2.05) is 36.4 Å². The van der Waals surface area contributed by atoms with Gasteiger partial charge >= 0.3 is 17.7 Å². The van der Waals surface area contributed by atoms with E-state index >= 15 is 0 Å². The first-order valence-corrected chi connectivity index (χ1v) is 12.7. The molecule has 12 heteroatoms. The second-order valence-corrected chi connectivity index (χ2v) is 9.66. The Morgan fingerprint density at radius 2 is 1.79 bits per heavy atom. The molecule has 3 aromatic rings. The Labute approximate surface area is 221 Å². The van der Waals surface area contributed by atoms with Gasteiger partial charge in [-0.25, -0.2) is 9.78 Å². The van der Waals surface area contributed by atoms with Crippen molar-refractivity contribution < 1.29 is 33.5 Å². The smallest absolute Gasteiger partial charge is 0.376 e. The maximum Gasteiger partial charge on any atom is 0.376 e. The number of hydroxylamine groups is 2. The molecule has 2 aliphatic heterocycles. The maximum atomic E-state index is 13.7. The normalized spacial score (nSPS) is 21.0. The summed E-state index contributed by atoms with van der Waals surface area (Å²) in [6.45, 7) is -0.253. The van der Waals surface area contributed by atoms with Gasteiger partial charge in [0.2, 0.25) is 5.91 Å². The molecule has 3 N–H and O–H groups in total. The van der Waals surface area contributed by atoms with Crippen molar-refractivity contribution in [3.8, 4) is 0 Å². The molecule has 2 fully saturated rings. The van der Waals surface area contributed by atoms with Crippen LogP contribution >= 0.6 is 11.3 Å². The number of rotatable bonds is 8. The van der Waals surface area contributed by atoms with E-state index in [-0.39, 0.29) is 25.9 Å². The third kappa shape index (κ3) is 5.08. The van der Waals surface area contributed by atoms with Crippen molar-refractivity contribution >= 4 is 40.2 Å². The van der Waals surface area contributed by atoms with Gasteiger partial charge in [-0.1, -0.05) is 60.7 Å². The van der Waals surface area contributed by atoms with Crippen LogP contribution < -0.4 is 11.1 Å². The zero-order valence-electron chi connectivity index (χ0n) is 20.1. The van der Waals surface area contributed by atoms with Gasteiger partial charge in [-0.05, 0) is 11.1 Å². The fourth-order valence-corrected chi connectivity index (χ4v) is 4.90. The zero-order valence-corrected chi connectivity index (χ0v) is 20.9. The van der Waals surface area contributed by atoms with Crippen LogP contribution in [0.25, 0.3) is 0 Å². The number of nitrogen functional groups attached to an aromatic ring is 1. The van der Waals surface area contributed by atoms with Gasteiger partial charge in [0.15, 0.2) is 11.2 Å². The molecule has 0 aliphatic carbocycles. The number of ether oxygens (including phenoxy) is 2. The molecular formula is C26H24N4O7S. The minimum atomic E-state index is -2.13. The van der Waals surface area contributed by atoms with E-state index in [1.54, 1.807) is 29.6 Å². The molecule has 38 heavy (non-hydrogen) atoms. The number of cyclic esters (lactones) is 1. The predicted molar refractivity (Wildman–Crippen MR) is 134 cm³/mol. The van der Waals surface area contributed by atoms with Gasteiger partial charge in [-0.3, -0.25) is 19.2 Å². The van der Waals surface area contributed by atoms with Crippen LogP contribution in [0, 0.1) is 0 Å². The third-order valence-corrected chi connectivity index (χ3v) is 6.86. The Morgan fingerprint density at radius 3 is 2.34 bits per heavy atom. The lowest BCUT2D eigenvalue weighted by Gasteiger charge is -2.34. The quantitative estimate of drug-likeness (QED) is 0.411. The van der Waals surface area contributed by atoms with Crippen LogP contribution in [0.5, 0.6) is 0 Å². The molecule has 2 amide bonds. The molecule has 5 rings (SSSR count). The number of anilines is 1. The first-order chi connectivity index (χ1) is 18.4.